The third kappa shape index (κ3) is 3.40. The summed E-state index contributed by atoms with van der Waals surface area (Å²) in [7, 11) is 4.00. The van der Waals surface area contributed by atoms with Gasteiger partial charge in [-0.15, -0.1) is 0 Å². The van der Waals surface area contributed by atoms with Crippen molar-refractivity contribution in [3.63, 3.8) is 0 Å². The standard InChI is InChI=1S/C22H26N6O/c1-27(2)21-24-13-17-4-8-22(20(17)25-21)7-3-11-28(15-22)14-18-12-19(26-29-18)16-5-9-23-10-6-16/h5-6,9-10,12-13H,3-4,7-8,11,14-15H2,1-2H3. The lowest BCUT2D eigenvalue weighted by molar-refractivity contribution is 0.125. The van der Waals surface area contributed by atoms with Crippen LogP contribution in [-0.4, -0.2) is 52.2 Å². The fraction of sp³-hybridized carbons (Fsp3) is 0.455. The number of likely N-dealkylation sites (tertiary alicyclic amines) is 1. The topological polar surface area (TPSA) is 71.2 Å². The average molecular weight is 390 g/mol. The third-order valence-electron chi connectivity index (χ3n) is 6.20. The van der Waals surface area contributed by atoms with E-state index < -0.39 is 0 Å². The van der Waals surface area contributed by atoms with Crippen molar-refractivity contribution in [2.24, 2.45) is 0 Å². The van der Waals surface area contributed by atoms with E-state index in [9.17, 15) is 0 Å². The molecule has 3 aromatic heterocycles. The van der Waals surface area contributed by atoms with Crippen molar-refractivity contribution in [2.75, 3.05) is 32.1 Å². The van der Waals surface area contributed by atoms with Crippen molar-refractivity contribution in [3.05, 3.63) is 53.8 Å². The highest BCUT2D eigenvalue weighted by Crippen LogP contribution is 2.44. The summed E-state index contributed by atoms with van der Waals surface area (Å²) < 4.78 is 5.65. The van der Waals surface area contributed by atoms with E-state index in [1.54, 1.807) is 12.4 Å². The predicted molar refractivity (Wildman–Crippen MR) is 111 cm³/mol. The Hall–Kier alpha value is -2.80. The fourth-order valence-electron chi connectivity index (χ4n) is 4.77. The predicted octanol–water partition coefficient (Wildman–Crippen LogP) is 3.07. The molecule has 2 aliphatic rings. The van der Waals surface area contributed by atoms with Gasteiger partial charge in [0.1, 0.15) is 5.69 Å². The number of rotatable bonds is 4. The van der Waals surface area contributed by atoms with Crippen LogP contribution in [-0.2, 0) is 18.4 Å². The van der Waals surface area contributed by atoms with Gasteiger partial charge in [-0.05, 0) is 49.9 Å². The normalized spacial score (nSPS) is 21.4. The zero-order chi connectivity index (χ0) is 19.8. The number of anilines is 1. The summed E-state index contributed by atoms with van der Waals surface area (Å²) in [5.41, 5.74) is 4.61. The monoisotopic (exact) mass is 390 g/mol. The maximum atomic E-state index is 5.65. The molecule has 0 bridgehead atoms. The molecule has 0 saturated carbocycles. The Morgan fingerprint density at radius 3 is 2.90 bits per heavy atom. The van der Waals surface area contributed by atoms with Gasteiger partial charge in [-0.1, -0.05) is 5.16 Å². The average Bonchev–Trinajstić information content (AvgIpc) is 3.34. The number of hydrogen-bond donors (Lipinski definition) is 0. The van der Waals surface area contributed by atoms with Crippen LogP contribution in [0.25, 0.3) is 11.3 Å². The Morgan fingerprint density at radius 2 is 2.07 bits per heavy atom. The number of piperidine rings is 1. The van der Waals surface area contributed by atoms with Crippen molar-refractivity contribution < 1.29 is 4.52 Å². The Bertz CT molecular complexity index is 998. The van der Waals surface area contributed by atoms with Crippen LogP contribution < -0.4 is 4.90 Å². The first-order valence-electron chi connectivity index (χ1n) is 10.3. The van der Waals surface area contributed by atoms with Gasteiger partial charge in [0, 0.05) is 56.3 Å². The van der Waals surface area contributed by atoms with E-state index in [0.717, 1.165) is 55.4 Å². The number of pyridine rings is 1. The minimum atomic E-state index is 0.134. The van der Waals surface area contributed by atoms with Gasteiger partial charge in [0.15, 0.2) is 5.76 Å². The van der Waals surface area contributed by atoms with Crippen molar-refractivity contribution in [1.82, 2.24) is 25.0 Å². The molecule has 1 unspecified atom stereocenters. The highest BCUT2D eigenvalue weighted by molar-refractivity contribution is 5.57. The first-order chi connectivity index (χ1) is 14.1. The van der Waals surface area contributed by atoms with Gasteiger partial charge in [-0.2, -0.15) is 0 Å². The molecule has 0 amide bonds. The molecule has 3 aromatic rings. The van der Waals surface area contributed by atoms with Crippen molar-refractivity contribution >= 4 is 5.95 Å². The van der Waals surface area contributed by atoms with E-state index in [0.29, 0.717) is 0 Å². The van der Waals surface area contributed by atoms with Crippen LogP contribution in [0.2, 0.25) is 0 Å². The summed E-state index contributed by atoms with van der Waals surface area (Å²) in [5, 5.41) is 4.25. The SMILES string of the molecule is CN(C)c1ncc2c(n1)C1(CCCN(Cc3cc(-c4ccncc4)no3)C1)CC2. The van der Waals surface area contributed by atoms with Crippen LogP contribution in [0.5, 0.6) is 0 Å². The van der Waals surface area contributed by atoms with Crippen molar-refractivity contribution in [3.8, 4) is 11.3 Å². The minimum absolute atomic E-state index is 0.134. The molecule has 7 nitrogen and oxygen atoms in total. The van der Waals surface area contributed by atoms with Gasteiger partial charge >= 0.3 is 0 Å². The summed E-state index contributed by atoms with van der Waals surface area (Å²) in [6, 6.07) is 5.95. The fourth-order valence-corrected chi connectivity index (χ4v) is 4.77. The zero-order valence-electron chi connectivity index (χ0n) is 17.0. The van der Waals surface area contributed by atoms with E-state index in [1.807, 2.05) is 43.4 Å². The van der Waals surface area contributed by atoms with Gasteiger partial charge in [0.2, 0.25) is 5.95 Å². The number of nitrogens with zero attached hydrogens (tertiary/aromatic N) is 6. The van der Waals surface area contributed by atoms with Crippen LogP contribution in [0.1, 0.15) is 36.3 Å². The largest absolute Gasteiger partial charge is 0.359 e. The maximum absolute atomic E-state index is 5.65. The summed E-state index contributed by atoms with van der Waals surface area (Å²) in [4.78, 5) is 18.0. The molecule has 29 heavy (non-hydrogen) atoms. The van der Waals surface area contributed by atoms with Crippen LogP contribution >= 0.6 is 0 Å². The van der Waals surface area contributed by atoms with Crippen molar-refractivity contribution in [1.29, 1.82) is 0 Å². The molecule has 1 aliphatic carbocycles. The molecule has 7 heteroatoms. The zero-order valence-corrected chi connectivity index (χ0v) is 17.0. The summed E-state index contributed by atoms with van der Waals surface area (Å²) in [6.07, 6.45) is 10.2. The first kappa shape index (κ1) is 18.2. The van der Waals surface area contributed by atoms with E-state index in [2.05, 4.69) is 20.0 Å². The second-order valence-corrected chi connectivity index (χ2v) is 8.45. The number of aryl methyl sites for hydroxylation is 1. The lowest BCUT2D eigenvalue weighted by Crippen LogP contribution is -2.45. The molecule has 150 valence electrons. The molecular weight excluding hydrogens is 364 g/mol. The molecule has 1 atom stereocenters. The summed E-state index contributed by atoms with van der Waals surface area (Å²) in [6.45, 7) is 2.87. The molecule has 1 spiro atoms. The molecule has 0 radical (unpaired) electrons. The molecule has 0 aromatic carbocycles. The van der Waals surface area contributed by atoms with E-state index >= 15 is 0 Å². The van der Waals surface area contributed by atoms with E-state index in [-0.39, 0.29) is 5.41 Å². The second-order valence-electron chi connectivity index (χ2n) is 8.45. The smallest absolute Gasteiger partial charge is 0.225 e. The highest BCUT2D eigenvalue weighted by Gasteiger charge is 2.43. The Labute approximate surface area is 170 Å². The Morgan fingerprint density at radius 1 is 1.21 bits per heavy atom. The van der Waals surface area contributed by atoms with Crippen LogP contribution in [0, 0.1) is 0 Å². The highest BCUT2D eigenvalue weighted by atomic mass is 16.5. The molecule has 1 saturated heterocycles. The second kappa shape index (κ2) is 7.22. The molecule has 1 aliphatic heterocycles. The number of hydrogen-bond acceptors (Lipinski definition) is 7. The van der Waals surface area contributed by atoms with Gasteiger partial charge in [0.25, 0.3) is 0 Å². The van der Waals surface area contributed by atoms with Crippen LogP contribution in [0.3, 0.4) is 0 Å². The number of aromatic nitrogens is 4. The summed E-state index contributed by atoms with van der Waals surface area (Å²) in [5.74, 6) is 1.71. The van der Waals surface area contributed by atoms with Gasteiger partial charge in [0.05, 0.1) is 12.2 Å². The van der Waals surface area contributed by atoms with Crippen LogP contribution in [0.4, 0.5) is 5.95 Å². The molecule has 4 heterocycles. The lowest BCUT2D eigenvalue weighted by atomic mass is 9.77. The Balaban J connectivity index is 1.35. The van der Waals surface area contributed by atoms with Crippen LogP contribution in [0.15, 0.2) is 41.3 Å². The molecule has 1 fully saturated rings. The van der Waals surface area contributed by atoms with Gasteiger partial charge < -0.3 is 9.42 Å². The quantitative estimate of drug-likeness (QED) is 0.678. The Kier molecular flexibility index (Phi) is 4.54. The lowest BCUT2D eigenvalue weighted by Gasteiger charge is -2.40. The van der Waals surface area contributed by atoms with E-state index in [1.165, 1.54) is 24.1 Å². The van der Waals surface area contributed by atoms with E-state index in [4.69, 9.17) is 9.51 Å². The third-order valence-corrected chi connectivity index (χ3v) is 6.20. The maximum Gasteiger partial charge on any atom is 0.225 e. The molecular formula is C22H26N6O. The van der Waals surface area contributed by atoms with Gasteiger partial charge in [-0.25, -0.2) is 9.97 Å². The van der Waals surface area contributed by atoms with Crippen molar-refractivity contribution in [2.45, 2.75) is 37.6 Å². The molecule has 0 N–H and O–H groups in total. The molecule has 5 rings (SSSR count). The minimum Gasteiger partial charge on any atom is -0.359 e. The number of fused-ring (bicyclic) bond motifs is 2. The van der Waals surface area contributed by atoms with Gasteiger partial charge in [-0.3, -0.25) is 9.88 Å². The first-order valence-corrected chi connectivity index (χ1v) is 10.3. The summed E-state index contributed by atoms with van der Waals surface area (Å²) >= 11 is 0.